The SMILES string of the molecule is CC(C)=CCC/C(C)=C/CC/C(C)=C/CSCC(Nc1ncccn1)C(=O)O. The summed E-state index contributed by atoms with van der Waals surface area (Å²) in [7, 11) is 0. The molecule has 6 heteroatoms. The number of rotatable bonds is 13. The quantitative estimate of drug-likeness (QED) is 0.335. The zero-order valence-corrected chi connectivity index (χ0v) is 18.3. The van der Waals surface area contributed by atoms with E-state index in [1.165, 1.54) is 16.7 Å². The van der Waals surface area contributed by atoms with Crippen LogP contribution < -0.4 is 5.32 Å². The molecular weight excluding hydrogens is 370 g/mol. The van der Waals surface area contributed by atoms with Crippen LogP contribution in [0.4, 0.5) is 5.95 Å². The summed E-state index contributed by atoms with van der Waals surface area (Å²) < 4.78 is 0. The summed E-state index contributed by atoms with van der Waals surface area (Å²) in [5.41, 5.74) is 4.16. The molecule has 1 atom stereocenters. The monoisotopic (exact) mass is 403 g/mol. The van der Waals surface area contributed by atoms with E-state index in [-0.39, 0.29) is 0 Å². The Kier molecular flexibility index (Phi) is 12.0. The van der Waals surface area contributed by atoms with E-state index in [0.717, 1.165) is 31.4 Å². The molecule has 28 heavy (non-hydrogen) atoms. The maximum absolute atomic E-state index is 11.4. The summed E-state index contributed by atoms with van der Waals surface area (Å²) in [5.74, 6) is 0.708. The highest BCUT2D eigenvalue weighted by Gasteiger charge is 2.17. The smallest absolute Gasteiger partial charge is 0.327 e. The molecule has 1 aromatic heterocycles. The van der Waals surface area contributed by atoms with Crippen molar-refractivity contribution in [3.05, 3.63) is 53.4 Å². The molecular formula is C22H33N3O2S. The minimum absolute atomic E-state index is 0.342. The fourth-order valence-corrected chi connectivity index (χ4v) is 3.43. The summed E-state index contributed by atoms with van der Waals surface area (Å²) in [6.07, 6.45) is 14.3. The molecule has 0 bridgehead atoms. The molecule has 0 aromatic carbocycles. The highest BCUT2D eigenvalue weighted by molar-refractivity contribution is 7.99. The van der Waals surface area contributed by atoms with E-state index in [2.05, 4.69) is 61.2 Å². The van der Waals surface area contributed by atoms with Gasteiger partial charge in [-0.2, -0.15) is 11.8 Å². The van der Waals surface area contributed by atoms with Crippen molar-refractivity contribution >= 4 is 23.7 Å². The summed E-state index contributed by atoms with van der Waals surface area (Å²) in [4.78, 5) is 19.4. The summed E-state index contributed by atoms with van der Waals surface area (Å²) in [6, 6.07) is 0.996. The van der Waals surface area contributed by atoms with Crippen LogP contribution in [0.3, 0.4) is 0 Å². The lowest BCUT2D eigenvalue weighted by atomic mass is 10.1. The fraction of sp³-hybridized carbons (Fsp3) is 0.500. The number of hydrogen-bond acceptors (Lipinski definition) is 5. The average Bonchev–Trinajstić information content (AvgIpc) is 2.64. The molecule has 1 aromatic rings. The number of carboxylic acids is 1. The van der Waals surface area contributed by atoms with Crippen molar-refractivity contribution in [1.82, 2.24) is 9.97 Å². The molecule has 154 valence electrons. The number of carbonyl (C=O) groups is 1. The van der Waals surface area contributed by atoms with Gasteiger partial charge in [0.2, 0.25) is 5.95 Å². The number of allylic oxidation sites excluding steroid dienone is 5. The van der Waals surface area contributed by atoms with Gasteiger partial charge in [0.15, 0.2) is 0 Å². The zero-order valence-electron chi connectivity index (χ0n) is 17.4. The summed E-state index contributed by atoms with van der Waals surface area (Å²) in [5, 5.41) is 12.2. The Bertz CT molecular complexity index is 680. The molecule has 5 nitrogen and oxygen atoms in total. The van der Waals surface area contributed by atoms with Gasteiger partial charge >= 0.3 is 5.97 Å². The van der Waals surface area contributed by atoms with Crippen LogP contribution in [0.25, 0.3) is 0 Å². The maximum atomic E-state index is 11.4. The Morgan fingerprint density at radius 2 is 1.68 bits per heavy atom. The van der Waals surface area contributed by atoms with Crippen molar-refractivity contribution < 1.29 is 9.90 Å². The lowest BCUT2D eigenvalue weighted by molar-refractivity contribution is -0.137. The molecule has 1 rings (SSSR count). The first kappa shape index (κ1) is 24.0. The van der Waals surface area contributed by atoms with Gasteiger partial charge in [-0.05, 0) is 59.4 Å². The Labute approximate surface area is 173 Å². The number of nitrogens with zero attached hydrogens (tertiary/aromatic N) is 2. The van der Waals surface area contributed by atoms with Crippen molar-refractivity contribution in [3.63, 3.8) is 0 Å². The van der Waals surface area contributed by atoms with E-state index in [9.17, 15) is 9.90 Å². The van der Waals surface area contributed by atoms with Gasteiger partial charge in [-0.25, -0.2) is 14.8 Å². The van der Waals surface area contributed by atoms with Gasteiger partial charge in [0, 0.05) is 23.9 Å². The van der Waals surface area contributed by atoms with E-state index < -0.39 is 12.0 Å². The predicted molar refractivity (Wildman–Crippen MR) is 120 cm³/mol. The van der Waals surface area contributed by atoms with Crippen LogP contribution >= 0.6 is 11.8 Å². The lowest BCUT2D eigenvalue weighted by Gasteiger charge is -2.13. The average molecular weight is 404 g/mol. The van der Waals surface area contributed by atoms with Crippen LogP contribution in [0, 0.1) is 0 Å². The van der Waals surface area contributed by atoms with E-state index in [1.54, 1.807) is 30.2 Å². The van der Waals surface area contributed by atoms with E-state index in [0.29, 0.717) is 11.7 Å². The molecule has 0 saturated carbocycles. The number of nitrogens with one attached hydrogen (secondary N) is 1. The Balaban J connectivity index is 2.30. The minimum Gasteiger partial charge on any atom is -0.480 e. The highest BCUT2D eigenvalue weighted by Crippen LogP contribution is 2.13. The first-order valence-electron chi connectivity index (χ1n) is 9.67. The molecule has 0 aliphatic carbocycles. The maximum Gasteiger partial charge on any atom is 0.327 e. The van der Waals surface area contributed by atoms with Crippen molar-refractivity contribution in [1.29, 1.82) is 0 Å². The highest BCUT2D eigenvalue weighted by atomic mass is 32.2. The van der Waals surface area contributed by atoms with Crippen LogP contribution in [0.1, 0.15) is 53.4 Å². The summed E-state index contributed by atoms with van der Waals surface area (Å²) in [6.45, 7) is 8.60. The topological polar surface area (TPSA) is 75.1 Å². The molecule has 0 spiro atoms. The number of anilines is 1. The van der Waals surface area contributed by atoms with Crippen LogP contribution in [0.15, 0.2) is 53.4 Å². The van der Waals surface area contributed by atoms with Crippen LogP contribution in [0.2, 0.25) is 0 Å². The third kappa shape index (κ3) is 11.6. The molecule has 0 amide bonds. The van der Waals surface area contributed by atoms with Gasteiger partial charge in [-0.1, -0.05) is 34.9 Å². The normalized spacial score (nSPS) is 13.1. The third-order valence-electron chi connectivity index (χ3n) is 4.12. The third-order valence-corrected chi connectivity index (χ3v) is 5.10. The largest absolute Gasteiger partial charge is 0.480 e. The Hall–Kier alpha value is -2.08. The lowest BCUT2D eigenvalue weighted by Crippen LogP contribution is -2.32. The number of thioether (sulfide) groups is 1. The van der Waals surface area contributed by atoms with Gasteiger partial charge in [0.25, 0.3) is 0 Å². The Morgan fingerprint density at radius 1 is 1.07 bits per heavy atom. The van der Waals surface area contributed by atoms with Gasteiger partial charge in [0.05, 0.1) is 0 Å². The number of aliphatic carboxylic acids is 1. The fourth-order valence-electron chi connectivity index (χ4n) is 2.43. The van der Waals surface area contributed by atoms with Crippen LogP contribution in [-0.2, 0) is 4.79 Å². The first-order valence-corrected chi connectivity index (χ1v) is 10.8. The van der Waals surface area contributed by atoms with E-state index in [4.69, 9.17) is 0 Å². The molecule has 0 saturated heterocycles. The predicted octanol–water partition coefficient (Wildman–Crippen LogP) is 5.49. The first-order chi connectivity index (χ1) is 13.4. The van der Waals surface area contributed by atoms with Gasteiger partial charge in [-0.3, -0.25) is 0 Å². The molecule has 0 aliphatic rings. The van der Waals surface area contributed by atoms with E-state index >= 15 is 0 Å². The van der Waals surface area contributed by atoms with Crippen molar-refractivity contribution in [2.24, 2.45) is 0 Å². The van der Waals surface area contributed by atoms with Crippen molar-refractivity contribution in [2.75, 3.05) is 16.8 Å². The molecule has 0 radical (unpaired) electrons. The molecule has 1 unspecified atom stereocenters. The van der Waals surface area contributed by atoms with Gasteiger partial charge in [0.1, 0.15) is 6.04 Å². The number of carboxylic acid groups (broad SMARTS) is 1. The molecule has 2 N–H and O–H groups in total. The number of aromatic nitrogens is 2. The zero-order chi connectivity index (χ0) is 20.8. The molecule has 0 aliphatic heterocycles. The molecule has 1 heterocycles. The minimum atomic E-state index is -0.894. The van der Waals surface area contributed by atoms with Crippen LogP contribution in [-0.4, -0.2) is 38.6 Å². The Morgan fingerprint density at radius 3 is 2.29 bits per heavy atom. The van der Waals surface area contributed by atoms with Crippen LogP contribution in [0.5, 0.6) is 0 Å². The summed E-state index contributed by atoms with van der Waals surface area (Å²) >= 11 is 1.59. The van der Waals surface area contributed by atoms with Gasteiger partial charge in [-0.15, -0.1) is 0 Å². The second kappa shape index (κ2) is 14.0. The molecule has 0 fully saturated rings. The second-order valence-electron chi connectivity index (χ2n) is 7.10. The standard InChI is InChI=1S/C22H33N3O2S/c1-17(2)8-5-9-18(3)10-6-11-19(4)12-15-28-16-20(21(26)27)25-22-23-13-7-14-24-22/h7-8,10,12-14,20H,5-6,9,11,15-16H2,1-4H3,(H,26,27)(H,23,24,25)/b18-10+,19-12+. The van der Waals surface area contributed by atoms with Crippen molar-refractivity contribution in [3.8, 4) is 0 Å². The van der Waals surface area contributed by atoms with E-state index in [1.807, 2.05) is 0 Å². The second-order valence-corrected chi connectivity index (χ2v) is 8.18. The van der Waals surface area contributed by atoms with Gasteiger partial charge < -0.3 is 10.4 Å². The number of hydrogen-bond donors (Lipinski definition) is 2. The van der Waals surface area contributed by atoms with Crippen molar-refractivity contribution in [2.45, 2.75) is 59.4 Å².